The number of hydrogen-bond donors (Lipinski definition) is 0. The van der Waals surface area contributed by atoms with Crippen LogP contribution >= 0.6 is 0 Å². The van der Waals surface area contributed by atoms with Crippen LogP contribution in [0.4, 0.5) is 9.59 Å². The SMILES string of the molecule is CC(C)(C)OC(=O)N1C[C@@H]2CN(C(=O)OCc3ccccc3)C[C@H]21. The van der Waals surface area contributed by atoms with Crippen molar-refractivity contribution in [2.24, 2.45) is 5.92 Å². The van der Waals surface area contributed by atoms with Crippen LogP contribution in [-0.2, 0) is 16.1 Å². The molecule has 130 valence electrons. The highest BCUT2D eigenvalue weighted by Gasteiger charge is 2.50. The van der Waals surface area contributed by atoms with Gasteiger partial charge in [0.25, 0.3) is 0 Å². The fourth-order valence-electron chi connectivity index (χ4n) is 3.13. The number of fused-ring (bicyclic) bond motifs is 1. The molecule has 0 aromatic heterocycles. The van der Waals surface area contributed by atoms with Crippen LogP contribution in [0.1, 0.15) is 26.3 Å². The summed E-state index contributed by atoms with van der Waals surface area (Å²) in [6.45, 7) is 7.61. The van der Waals surface area contributed by atoms with Crippen molar-refractivity contribution < 1.29 is 19.1 Å². The van der Waals surface area contributed by atoms with E-state index in [9.17, 15) is 9.59 Å². The zero-order valence-electron chi connectivity index (χ0n) is 14.4. The van der Waals surface area contributed by atoms with Gasteiger partial charge < -0.3 is 19.3 Å². The highest BCUT2D eigenvalue weighted by atomic mass is 16.6. The van der Waals surface area contributed by atoms with Crippen molar-refractivity contribution in [3.8, 4) is 0 Å². The average molecular weight is 332 g/mol. The fraction of sp³-hybridized carbons (Fsp3) is 0.556. The summed E-state index contributed by atoms with van der Waals surface area (Å²) >= 11 is 0. The summed E-state index contributed by atoms with van der Waals surface area (Å²) in [6.07, 6.45) is -0.624. The van der Waals surface area contributed by atoms with Crippen LogP contribution in [0.2, 0.25) is 0 Å². The van der Waals surface area contributed by atoms with E-state index < -0.39 is 5.60 Å². The molecule has 6 heteroatoms. The molecule has 2 aliphatic heterocycles. The number of benzene rings is 1. The second-order valence-electron chi connectivity index (χ2n) is 7.41. The number of ether oxygens (including phenoxy) is 2. The first-order valence-corrected chi connectivity index (χ1v) is 8.29. The zero-order valence-corrected chi connectivity index (χ0v) is 14.4. The number of nitrogens with zero attached hydrogens (tertiary/aromatic N) is 2. The maximum atomic E-state index is 12.2. The molecule has 0 bridgehead atoms. The Kier molecular flexibility index (Phi) is 4.39. The maximum Gasteiger partial charge on any atom is 0.410 e. The van der Waals surface area contributed by atoms with E-state index >= 15 is 0 Å². The van der Waals surface area contributed by atoms with Gasteiger partial charge in [-0.2, -0.15) is 0 Å². The lowest BCUT2D eigenvalue weighted by molar-refractivity contribution is -0.0165. The van der Waals surface area contributed by atoms with E-state index in [0.717, 1.165) is 5.56 Å². The highest BCUT2D eigenvalue weighted by Crippen LogP contribution is 2.33. The van der Waals surface area contributed by atoms with Crippen molar-refractivity contribution in [1.29, 1.82) is 0 Å². The Balaban J connectivity index is 1.49. The van der Waals surface area contributed by atoms with E-state index in [4.69, 9.17) is 9.47 Å². The lowest BCUT2D eigenvalue weighted by Crippen LogP contribution is -2.59. The molecule has 0 aliphatic carbocycles. The Labute approximate surface area is 142 Å². The Bertz CT molecular complexity index is 611. The number of likely N-dealkylation sites (tertiary alicyclic amines) is 2. The molecule has 1 aromatic carbocycles. The van der Waals surface area contributed by atoms with Gasteiger partial charge in [-0.1, -0.05) is 30.3 Å². The van der Waals surface area contributed by atoms with Gasteiger partial charge in [-0.05, 0) is 26.3 Å². The quantitative estimate of drug-likeness (QED) is 0.835. The first-order chi connectivity index (χ1) is 11.3. The van der Waals surface area contributed by atoms with E-state index in [2.05, 4.69) is 0 Å². The van der Waals surface area contributed by atoms with Crippen molar-refractivity contribution in [1.82, 2.24) is 9.80 Å². The lowest BCUT2D eigenvalue weighted by Gasteiger charge is -2.43. The van der Waals surface area contributed by atoms with Crippen LogP contribution in [0.5, 0.6) is 0 Å². The van der Waals surface area contributed by atoms with Gasteiger partial charge >= 0.3 is 12.2 Å². The van der Waals surface area contributed by atoms with Crippen LogP contribution in [-0.4, -0.2) is 53.3 Å². The molecule has 0 spiro atoms. The molecule has 0 unspecified atom stereocenters. The molecular formula is C18H24N2O4. The van der Waals surface area contributed by atoms with Gasteiger partial charge in [0.15, 0.2) is 0 Å². The number of carbonyl (C=O) groups is 2. The van der Waals surface area contributed by atoms with Gasteiger partial charge in [-0.3, -0.25) is 0 Å². The first-order valence-electron chi connectivity index (χ1n) is 8.29. The summed E-state index contributed by atoms with van der Waals surface area (Å²) in [7, 11) is 0. The predicted octanol–water partition coefficient (Wildman–Crippen LogP) is 2.87. The smallest absolute Gasteiger partial charge is 0.410 e. The minimum absolute atomic E-state index is 0.0455. The van der Waals surface area contributed by atoms with Crippen molar-refractivity contribution in [2.75, 3.05) is 19.6 Å². The Morgan fingerprint density at radius 1 is 1.08 bits per heavy atom. The van der Waals surface area contributed by atoms with Crippen molar-refractivity contribution in [3.63, 3.8) is 0 Å². The van der Waals surface area contributed by atoms with Gasteiger partial charge in [0.1, 0.15) is 12.2 Å². The third kappa shape index (κ3) is 3.63. The van der Waals surface area contributed by atoms with Gasteiger partial charge in [0.05, 0.1) is 6.04 Å². The molecule has 2 heterocycles. The molecule has 2 amide bonds. The van der Waals surface area contributed by atoms with Crippen molar-refractivity contribution in [3.05, 3.63) is 35.9 Å². The van der Waals surface area contributed by atoms with Crippen LogP contribution in [0.15, 0.2) is 30.3 Å². The summed E-state index contributed by atoms with van der Waals surface area (Å²) in [5, 5.41) is 0. The third-order valence-corrected chi connectivity index (χ3v) is 4.33. The third-order valence-electron chi connectivity index (χ3n) is 4.33. The number of rotatable bonds is 2. The predicted molar refractivity (Wildman–Crippen MR) is 88.4 cm³/mol. The molecule has 0 radical (unpaired) electrons. The molecule has 3 rings (SSSR count). The standard InChI is InChI=1S/C18H24N2O4/c1-18(2,3)24-17(22)20-10-14-9-19(11-15(14)20)16(21)23-12-13-7-5-4-6-8-13/h4-8,14-15H,9-12H2,1-3H3/t14-,15+/m0/s1. The topological polar surface area (TPSA) is 59.1 Å². The lowest BCUT2D eigenvalue weighted by atomic mass is 9.93. The van der Waals surface area contributed by atoms with E-state index in [1.807, 2.05) is 51.1 Å². The summed E-state index contributed by atoms with van der Waals surface area (Å²) in [6, 6.07) is 9.64. The second-order valence-corrected chi connectivity index (χ2v) is 7.41. The number of hydrogen-bond acceptors (Lipinski definition) is 4. The fourth-order valence-corrected chi connectivity index (χ4v) is 3.13. The van der Waals surface area contributed by atoms with Gasteiger partial charge in [-0.15, -0.1) is 0 Å². The molecule has 2 saturated heterocycles. The average Bonchev–Trinajstić information content (AvgIpc) is 2.81. The second kappa shape index (κ2) is 6.34. The van der Waals surface area contributed by atoms with Gasteiger partial charge in [0.2, 0.25) is 0 Å². The monoisotopic (exact) mass is 332 g/mol. The van der Waals surface area contributed by atoms with Crippen LogP contribution in [0.3, 0.4) is 0 Å². The summed E-state index contributed by atoms with van der Waals surface area (Å²) in [5.41, 5.74) is 0.457. The number of carbonyl (C=O) groups excluding carboxylic acids is 2. The molecule has 2 fully saturated rings. The molecule has 6 nitrogen and oxygen atoms in total. The number of amides is 2. The Morgan fingerprint density at radius 3 is 2.46 bits per heavy atom. The molecular weight excluding hydrogens is 308 g/mol. The van der Waals surface area contributed by atoms with Gasteiger partial charge in [0, 0.05) is 25.6 Å². The zero-order chi connectivity index (χ0) is 17.3. The van der Waals surface area contributed by atoms with E-state index in [1.54, 1.807) is 9.80 Å². The molecule has 2 aliphatic rings. The summed E-state index contributed by atoms with van der Waals surface area (Å²) in [5.74, 6) is 0.321. The van der Waals surface area contributed by atoms with Crippen LogP contribution in [0, 0.1) is 5.92 Å². The molecule has 1 aromatic rings. The van der Waals surface area contributed by atoms with Crippen LogP contribution < -0.4 is 0 Å². The maximum absolute atomic E-state index is 12.2. The van der Waals surface area contributed by atoms with Gasteiger partial charge in [-0.25, -0.2) is 9.59 Å². The highest BCUT2D eigenvalue weighted by molar-refractivity contribution is 5.72. The Morgan fingerprint density at radius 2 is 1.79 bits per heavy atom. The van der Waals surface area contributed by atoms with E-state index in [1.165, 1.54) is 0 Å². The summed E-state index contributed by atoms with van der Waals surface area (Å²) < 4.78 is 10.8. The van der Waals surface area contributed by atoms with Crippen molar-refractivity contribution >= 4 is 12.2 Å². The summed E-state index contributed by atoms with van der Waals surface area (Å²) in [4.78, 5) is 27.7. The molecule has 24 heavy (non-hydrogen) atoms. The first kappa shape index (κ1) is 16.6. The van der Waals surface area contributed by atoms with E-state index in [0.29, 0.717) is 25.6 Å². The molecule has 0 saturated carbocycles. The van der Waals surface area contributed by atoms with Crippen molar-refractivity contribution in [2.45, 2.75) is 39.0 Å². The van der Waals surface area contributed by atoms with E-state index in [-0.39, 0.29) is 24.8 Å². The molecule has 0 N–H and O–H groups in total. The van der Waals surface area contributed by atoms with Crippen LogP contribution in [0.25, 0.3) is 0 Å². The minimum atomic E-state index is -0.505. The Hall–Kier alpha value is -2.24. The minimum Gasteiger partial charge on any atom is -0.445 e. The largest absolute Gasteiger partial charge is 0.445 e. The molecule has 2 atom stereocenters. The normalized spacial score (nSPS) is 22.6.